The van der Waals surface area contributed by atoms with Crippen molar-refractivity contribution in [3.63, 3.8) is 0 Å². The van der Waals surface area contributed by atoms with E-state index in [0.717, 1.165) is 5.56 Å². The molecule has 0 unspecified atom stereocenters. The fraction of sp³-hybridized carbons (Fsp3) is 0.500. The summed E-state index contributed by atoms with van der Waals surface area (Å²) in [6.07, 6.45) is -3.32. The standard InChI is InChI=1S/C16H21NO6/c1-10(18)23-14-8-12(7-13(19)15(14)20)17-16(21)22-9-11-5-3-2-4-6-11/h2-6,12-15,19-20H,7-9H2,1H3,(H,17,21)/t12-,13-,14-,15-/m1/s1. The third kappa shape index (κ3) is 5.22. The molecule has 0 aromatic heterocycles. The zero-order chi connectivity index (χ0) is 16.8. The molecule has 1 aromatic rings. The van der Waals surface area contributed by atoms with Gasteiger partial charge in [0.25, 0.3) is 0 Å². The minimum Gasteiger partial charge on any atom is -0.460 e. The van der Waals surface area contributed by atoms with Gasteiger partial charge in [-0.3, -0.25) is 4.79 Å². The predicted octanol–water partition coefficient (Wildman–Crippen LogP) is 0.729. The Labute approximate surface area is 134 Å². The van der Waals surface area contributed by atoms with Gasteiger partial charge in [0.1, 0.15) is 18.8 Å². The summed E-state index contributed by atoms with van der Waals surface area (Å²) >= 11 is 0. The number of nitrogens with one attached hydrogen (secondary N) is 1. The van der Waals surface area contributed by atoms with E-state index in [1.807, 2.05) is 30.3 Å². The van der Waals surface area contributed by atoms with Gasteiger partial charge in [0.15, 0.2) is 0 Å². The highest BCUT2D eigenvalue weighted by atomic mass is 16.6. The molecule has 7 nitrogen and oxygen atoms in total. The van der Waals surface area contributed by atoms with Crippen LogP contribution in [0.5, 0.6) is 0 Å². The zero-order valence-electron chi connectivity index (χ0n) is 12.8. The molecule has 0 radical (unpaired) electrons. The molecule has 0 aliphatic heterocycles. The van der Waals surface area contributed by atoms with Crippen LogP contribution in [0.2, 0.25) is 0 Å². The number of esters is 1. The van der Waals surface area contributed by atoms with Gasteiger partial charge in [0.2, 0.25) is 0 Å². The number of alkyl carbamates (subject to hydrolysis) is 1. The van der Waals surface area contributed by atoms with Gasteiger partial charge < -0.3 is 25.0 Å². The topological polar surface area (TPSA) is 105 Å². The summed E-state index contributed by atoms with van der Waals surface area (Å²) in [5, 5.41) is 22.3. The van der Waals surface area contributed by atoms with Crippen molar-refractivity contribution < 1.29 is 29.3 Å². The number of hydrogen-bond donors (Lipinski definition) is 3. The normalized spacial score (nSPS) is 27.1. The van der Waals surface area contributed by atoms with Crippen molar-refractivity contribution >= 4 is 12.1 Å². The SMILES string of the molecule is CC(=O)O[C@@H]1C[C@H](NC(=O)OCc2ccccc2)C[C@@H](O)[C@H]1O. The Bertz CT molecular complexity index is 535. The van der Waals surface area contributed by atoms with Gasteiger partial charge in [-0.1, -0.05) is 30.3 Å². The van der Waals surface area contributed by atoms with E-state index in [-0.39, 0.29) is 19.4 Å². The fourth-order valence-electron chi connectivity index (χ4n) is 2.58. The molecule has 23 heavy (non-hydrogen) atoms. The van der Waals surface area contributed by atoms with Gasteiger partial charge >= 0.3 is 12.1 Å². The molecular weight excluding hydrogens is 302 g/mol. The number of ether oxygens (including phenoxy) is 2. The first-order valence-corrected chi connectivity index (χ1v) is 7.46. The summed E-state index contributed by atoms with van der Waals surface area (Å²) in [6, 6.07) is 8.79. The number of aliphatic hydroxyl groups is 2. The summed E-state index contributed by atoms with van der Waals surface area (Å²) in [5.74, 6) is -0.548. The van der Waals surface area contributed by atoms with Crippen LogP contribution in [-0.4, -0.2) is 46.6 Å². The van der Waals surface area contributed by atoms with E-state index in [1.54, 1.807) is 0 Å². The number of hydrogen-bond acceptors (Lipinski definition) is 6. The number of carbonyl (C=O) groups excluding carboxylic acids is 2. The molecule has 2 rings (SSSR count). The molecule has 4 atom stereocenters. The van der Waals surface area contributed by atoms with Crippen LogP contribution < -0.4 is 5.32 Å². The number of rotatable bonds is 4. The van der Waals surface area contributed by atoms with Crippen LogP contribution in [0, 0.1) is 0 Å². The second-order valence-corrected chi connectivity index (χ2v) is 5.58. The number of carbonyl (C=O) groups is 2. The summed E-state index contributed by atoms with van der Waals surface area (Å²) in [5.41, 5.74) is 0.861. The molecule has 1 aliphatic rings. The van der Waals surface area contributed by atoms with Crippen molar-refractivity contribution in [3.8, 4) is 0 Å². The van der Waals surface area contributed by atoms with Crippen molar-refractivity contribution in [3.05, 3.63) is 35.9 Å². The summed E-state index contributed by atoms with van der Waals surface area (Å²) in [6.45, 7) is 1.36. The lowest BCUT2D eigenvalue weighted by molar-refractivity contribution is -0.163. The van der Waals surface area contributed by atoms with Crippen LogP contribution >= 0.6 is 0 Å². The van der Waals surface area contributed by atoms with Gasteiger partial charge in [-0.15, -0.1) is 0 Å². The third-order valence-electron chi connectivity index (χ3n) is 3.67. The molecule has 1 aliphatic carbocycles. The first-order chi connectivity index (χ1) is 11.0. The average molecular weight is 323 g/mol. The van der Waals surface area contributed by atoms with Crippen LogP contribution in [-0.2, 0) is 20.9 Å². The fourth-order valence-corrected chi connectivity index (χ4v) is 2.58. The molecule has 1 fully saturated rings. The Balaban J connectivity index is 1.83. The molecule has 1 amide bonds. The molecule has 0 spiro atoms. The highest BCUT2D eigenvalue weighted by Crippen LogP contribution is 2.23. The minimum atomic E-state index is -1.16. The summed E-state index contributed by atoms with van der Waals surface area (Å²) in [7, 11) is 0. The van der Waals surface area contributed by atoms with Crippen molar-refractivity contribution in [2.45, 2.75) is 50.7 Å². The predicted molar refractivity (Wildman–Crippen MR) is 80.4 cm³/mol. The van der Waals surface area contributed by atoms with E-state index in [4.69, 9.17) is 9.47 Å². The molecule has 1 aromatic carbocycles. The Morgan fingerprint density at radius 3 is 2.57 bits per heavy atom. The second-order valence-electron chi connectivity index (χ2n) is 5.58. The lowest BCUT2D eigenvalue weighted by atomic mass is 9.88. The van der Waals surface area contributed by atoms with Gasteiger partial charge in [0.05, 0.1) is 6.10 Å². The summed E-state index contributed by atoms with van der Waals surface area (Å²) in [4.78, 5) is 22.8. The maximum absolute atomic E-state index is 11.8. The lowest BCUT2D eigenvalue weighted by Crippen LogP contribution is -2.53. The van der Waals surface area contributed by atoms with Crippen molar-refractivity contribution in [1.29, 1.82) is 0 Å². The Morgan fingerprint density at radius 2 is 1.91 bits per heavy atom. The van der Waals surface area contributed by atoms with Crippen LogP contribution in [0.25, 0.3) is 0 Å². The minimum absolute atomic E-state index is 0.137. The number of amides is 1. The Hall–Kier alpha value is -2.12. The molecule has 0 saturated heterocycles. The van der Waals surface area contributed by atoms with Gasteiger partial charge in [-0.25, -0.2) is 4.79 Å². The molecule has 0 bridgehead atoms. The van der Waals surface area contributed by atoms with Gasteiger partial charge in [-0.05, 0) is 12.0 Å². The highest BCUT2D eigenvalue weighted by molar-refractivity contribution is 5.68. The number of benzene rings is 1. The Kier molecular flexibility index (Phi) is 5.95. The summed E-state index contributed by atoms with van der Waals surface area (Å²) < 4.78 is 10.1. The van der Waals surface area contributed by atoms with Gasteiger partial charge in [0, 0.05) is 19.4 Å². The molecule has 1 saturated carbocycles. The van der Waals surface area contributed by atoms with E-state index in [1.165, 1.54) is 6.92 Å². The highest BCUT2D eigenvalue weighted by Gasteiger charge is 2.38. The van der Waals surface area contributed by atoms with Crippen molar-refractivity contribution in [2.24, 2.45) is 0 Å². The zero-order valence-corrected chi connectivity index (χ0v) is 12.8. The first-order valence-electron chi connectivity index (χ1n) is 7.46. The van der Waals surface area contributed by atoms with Crippen LogP contribution in [0.4, 0.5) is 4.79 Å². The lowest BCUT2D eigenvalue weighted by Gasteiger charge is -2.36. The van der Waals surface area contributed by atoms with Gasteiger partial charge in [-0.2, -0.15) is 0 Å². The van der Waals surface area contributed by atoms with E-state index in [2.05, 4.69) is 5.32 Å². The quantitative estimate of drug-likeness (QED) is 0.706. The van der Waals surface area contributed by atoms with Crippen LogP contribution in [0.3, 0.4) is 0 Å². The smallest absolute Gasteiger partial charge is 0.407 e. The maximum Gasteiger partial charge on any atom is 0.407 e. The van der Waals surface area contributed by atoms with E-state index in [0.29, 0.717) is 0 Å². The monoisotopic (exact) mass is 323 g/mol. The van der Waals surface area contributed by atoms with E-state index in [9.17, 15) is 19.8 Å². The maximum atomic E-state index is 11.8. The largest absolute Gasteiger partial charge is 0.460 e. The average Bonchev–Trinajstić information content (AvgIpc) is 2.51. The third-order valence-corrected chi connectivity index (χ3v) is 3.67. The Morgan fingerprint density at radius 1 is 1.22 bits per heavy atom. The van der Waals surface area contributed by atoms with Crippen LogP contribution in [0.1, 0.15) is 25.3 Å². The molecule has 0 heterocycles. The van der Waals surface area contributed by atoms with Crippen molar-refractivity contribution in [2.75, 3.05) is 0 Å². The molecule has 3 N–H and O–H groups in total. The van der Waals surface area contributed by atoms with Crippen LogP contribution in [0.15, 0.2) is 30.3 Å². The van der Waals surface area contributed by atoms with E-state index >= 15 is 0 Å². The van der Waals surface area contributed by atoms with Crippen molar-refractivity contribution in [1.82, 2.24) is 5.32 Å². The van der Waals surface area contributed by atoms with E-state index < -0.39 is 36.4 Å². The second kappa shape index (κ2) is 7.94. The molecular formula is C16H21NO6. The first kappa shape index (κ1) is 17.2. The molecule has 7 heteroatoms. The molecule has 126 valence electrons. The number of aliphatic hydroxyl groups excluding tert-OH is 2.